The lowest BCUT2D eigenvalue weighted by molar-refractivity contribution is 0.932. The summed E-state index contributed by atoms with van der Waals surface area (Å²) in [5.74, 6) is 0. The topological polar surface area (TPSA) is 55.1 Å². The monoisotopic (exact) mass is 327 g/mol. The van der Waals surface area contributed by atoms with E-state index in [-0.39, 0.29) is 0 Å². The lowest BCUT2D eigenvalue weighted by Gasteiger charge is -2.01. The molecule has 4 heterocycles. The number of imidazole rings is 1. The van der Waals surface area contributed by atoms with E-state index >= 15 is 0 Å². The maximum Gasteiger partial charge on any atom is 0.214 e. The van der Waals surface area contributed by atoms with Crippen LogP contribution in [0.15, 0.2) is 47.4 Å². The van der Waals surface area contributed by atoms with Crippen LogP contribution in [0.5, 0.6) is 0 Å². The molecule has 22 heavy (non-hydrogen) atoms. The Hall–Kier alpha value is -2.25. The molecule has 4 aromatic rings. The number of rotatable bonds is 5. The number of nitrogens with one attached hydrogen (secondary N) is 1. The molecular weight excluding hydrogens is 314 g/mol. The average Bonchev–Trinajstić information content (AvgIpc) is 3.24. The van der Waals surface area contributed by atoms with Crippen molar-refractivity contribution in [1.29, 1.82) is 0 Å². The highest BCUT2D eigenvalue weighted by molar-refractivity contribution is 7.20. The van der Waals surface area contributed by atoms with Crippen molar-refractivity contribution in [2.45, 2.75) is 6.42 Å². The SMILES string of the molecule is c1ccc(CCNc2nn3c(-c4ccsc4)cnc3s2)nc1. The second-order valence-corrected chi connectivity index (χ2v) is 6.49. The summed E-state index contributed by atoms with van der Waals surface area (Å²) in [6, 6.07) is 8.05. The summed E-state index contributed by atoms with van der Waals surface area (Å²) in [6.07, 6.45) is 4.57. The zero-order valence-corrected chi connectivity index (χ0v) is 13.3. The number of hydrogen-bond donors (Lipinski definition) is 1. The molecule has 1 N–H and O–H groups in total. The lowest BCUT2D eigenvalue weighted by Crippen LogP contribution is -2.06. The van der Waals surface area contributed by atoms with Gasteiger partial charge in [0.1, 0.15) is 0 Å². The van der Waals surface area contributed by atoms with Crippen molar-refractivity contribution in [2.24, 2.45) is 0 Å². The molecule has 0 aromatic carbocycles. The lowest BCUT2D eigenvalue weighted by atomic mass is 10.3. The molecule has 7 heteroatoms. The first-order valence-corrected chi connectivity index (χ1v) is 8.67. The van der Waals surface area contributed by atoms with Crippen LogP contribution >= 0.6 is 22.7 Å². The minimum absolute atomic E-state index is 0.807. The van der Waals surface area contributed by atoms with Gasteiger partial charge in [0.15, 0.2) is 0 Å². The standard InChI is InChI=1S/C15H13N5S2/c1-2-6-16-12(3-1)4-7-17-14-19-20-13(9-18-15(20)22-14)11-5-8-21-10-11/h1-3,5-6,8-10H,4,7H2,(H,17,19). The smallest absolute Gasteiger partial charge is 0.214 e. The van der Waals surface area contributed by atoms with Gasteiger partial charge in [0.2, 0.25) is 10.1 Å². The molecule has 0 aliphatic rings. The largest absolute Gasteiger partial charge is 0.360 e. The fourth-order valence-electron chi connectivity index (χ4n) is 2.21. The molecule has 4 aromatic heterocycles. The summed E-state index contributed by atoms with van der Waals surface area (Å²) in [5.41, 5.74) is 3.27. The van der Waals surface area contributed by atoms with Crippen molar-refractivity contribution in [2.75, 3.05) is 11.9 Å². The maximum atomic E-state index is 4.61. The van der Waals surface area contributed by atoms with Crippen LogP contribution in [0.2, 0.25) is 0 Å². The van der Waals surface area contributed by atoms with Crippen molar-refractivity contribution in [1.82, 2.24) is 19.6 Å². The average molecular weight is 327 g/mol. The molecular formula is C15H13N5S2. The van der Waals surface area contributed by atoms with E-state index in [4.69, 9.17) is 0 Å². The molecule has 0 saturated heterocycles. The van der Waals surface area contributed by atoms with Gasteiger partial charge in [-0.05, 0) is 23.6 Å². The molecule has 0 fully saturated rings. The maximum absolute atomic E-state index is 4.61. The van der Waals surface area contributed by atoms with Crippen LogP contribution in [-0.4, -0.2) is 26.1 Å². The third kappa shape index (κ3) is 2.60. The zero-order valence-electron chi connectivity index (χ0n) is 11.6. The van der Waals surface area contributed by atoms with Gasteiger partial charge in [-0.2, -0.15) is 11.3 Å². The van der Waals surface area contributed by atoms with Gasteiger partial charge in [-0.15, -0.1) is 5.10 Å². The Labute approximate surface area is 135 Å². The fraction of sp³-hybridized carbons (Fsp3) is 0.133. The zero-order chi connectivity index (χ0) is 14.8. The summed E-state index contributed by atoms with van der Waals surface area (Å²) in [5, 5.41) is 13.0. The first-order chi connectivity index (χ1) is 10.9. The van der Waals surface area contributed by atoms with Crippen LogP contribution in [0.25, 0.3) is 16.2 Å². The van der Waals surface area contributed by atoms with Crippen LogP contribution in [-0.2, 0) is 6.42 Å². The molecule has 0 amide bonds. The van der Waals surface area contributed by atoms with Gasteiger partial charge in [-0.3, -0.25) is 4.98 Å². The highest BCUT2D eigenvalue weighted by Gasteiger charge is 2.11. The predicted molar refractivity (Wildman–Crippen MR) is 90.6 cm³/mol. The summed E-state index contributed by atoms with van der Waals surface area (Å²) in [4.78, 5) is 9.65. The molecule has 0 unspecified atom stereocenters. The second kappa shape index (κ2) is 5.86. The summed E-state index contributed by atoms with van der Waals surface area (Å²) >= 11 is 3.24. The Morgan fingerprint density at radius 1 is 1.18 bits per heavy atom. The van der Waals surface area contributed by atoms with Crippen molar-refractivity contribution in [3.05, 3.63) is 53.1 Å². The molecule has 110 valence electrons. The Balaban J connectivity index is 1.49. The molecule has 0 aliphatic carbocycles. The first-order valence-electron chi connectivity index (χ1n) is 6.91. The Bertz CT molecular complexity index is 864. The van der Waals surface area contributed by atoms with Crippen LogP contribution in [0.4, 0.5) is 5.13 Å². The van der Waals surface area contributed by atoms with Crippen LogP contribution < -0.4 is 5.32 Å². The van der Waals surface area contributed by atoms with Crippen molar-refractivity contribution in [3.63, 3.8) is 0 Å². The van der Waals surface area contributed by atoms with Crippen LogP contribution in [0, 0.1) is 0 Å². The van der Waals surface area contributed by atoms with E-state index in [2.05, 4.69) is 37.2 Å². The highest BCUT2D eigenvalue weighted by Crippen LogP contribution is 2.27. The molecule has 0 spiro atoms. The summed E-state index contributed by atoms with van der Waals surface area (Å²) < 4.78 is 1.90. The number of pyridine rings is 1. The number of anilines is 1. The molecule has 0 radical (unpaired) electrons. The third-order valence-electron chi connectivity index (χ3n) is 3.29. The number of nitrogens with zero attached hydrogens (tertiary/aromatic N) is 4. The minimum Gasteiger partial charge on any atom is -0.360 e. The van der Waals surface area contributed by atoms with Gasteiger partial charge in [0.05, 0.1) is 11.9 Å². The molecule has 0 atom stereocenters. The minimum atomic E-state index is 0.807. The van der Waals surface area contributed by atoms with Crippen LogP contribution in [0.1, 0.15) is 5.69 Å². The first kappa shape index (κ1) is 13.4. The van der Waals surface area contributed by atoms with E-state index in [1.165, 1.54) is 0 Å². The third-order valence-corrected chi connectivity index (χ3v) is 4.85. The van der Waals surface area contributed by atoms with Crippen molar-refractivity contribution < 1.29 is 0 Å². The van der Waals surface area contributed by atoms with E-state index < -0.39 is 0 Å². The van der Waals surface area contributed by atoms with E-state index in [0.717, 1.165) is 40.0 Å². The molecule has 0 bridgehead atoms. The number of aromatic nitrogens is 4. The number of hydrogen-bond acceptors (Lipinski definition) is 6. The molecule has 0 saturated carbocycles. The Kier molecular flexibility index (Phi) is 3.57. The van der Waals surface area contributed by atoms with Gasteiger partial charge < -0.3 is 5.32 Å². The van der Waals surface area contributed by atoms with Gasteiger partial charge >= 0.3 is 0 Å². The normalized spacial score (nSPS) is 11.1. The molecule has 4 rings (SSSR count). The Morgan fingerprint density at radius 2 is 2.18 bits per heavy atom. The van der Waals surface area contributed by atoms with E-state index in [9.17, 15) is 0 Å². The van der Waals surface area contributed by atoms with E-state index in [1.54, 1.807) is 22.7 Å². The highest BCUT2D eigenvalue weighted by atomic mass is 32.1. The van der Waals surface area contributed by atoms with E-state index in [1.807, 2.05) is 35.1 Å². The predicted octanol–water partition coefficient (Wildman–Crippen LogP) is 3.57. The fourth-order valence-corrected chi connectivity index (χ4v) is 3.67. The van der Waals surface area contributed by atoms with Gasteiger partial charge in [-0.1, -0.05) is 17.4 Å². The number of fused-ring (bicyclic) bond motifs is 1. The Morgan fingerprint density at radius 3 is 3.00 bits per heavy atom. The quantitative estimate of drug-likeness (QED) is 0.609. The second-order valence-electron chi connectivity index (χ2n) is 4.75. The van der Waals surface area contributed by atoms with Gasteiger partial charge in [0, 0.05) is 35.8 Å². The van der Waals surface area contributed by atoms with E-state index in [0.29, 0.717) is 0 Å². The van der Waals surface area contributed by atoms with Gasteiger partial charge in [-0.25, -0.2) is 9.50 Å². The number of thiophene rings is 1. The summed E-state index contributed by atoms with van der Waals surface area (Å²) in [7, 11) is 0. The van der Waals surface area contributed by atoms with Crippen molar-refractivity contribution >= 4 is 32.8 Å². The molecule has 0 aliphatic heterocycles. The molecule has 5 nitrogen and oxygen atoms in total. The van der Waals surface area contributed by atoms with Gasteiger partial charge in [0.25, 0.3) is 0 Å². The van der Waals surface area contributed by atoms with Crippen molar-refractivity contribution in [3.8, 4) is 11.3 Å². The van der Waals surface area contributed by atoms with Crippen LogP contribution in [0.3, 0.4) is 0 Å². The summed E-state index contributed by atoms with van der Waals surface area (Å²) in [6.45, 7) is 0.807.